The maximum atomic E-state index is 13.1. The number of piperidine rings is 1. The molecular formula is C27H39F4N3OP+. The van der Waals surface area contributed by atoms with Gasteiger partial charge in [0.25, 0.3) is 0 Å². The molecule has 0 bridgehead atoms. The van der Waals surface area contributed by atoms with Gasteiger partial charge >= 0.3 is 6.18 Å². The predicted molar refractivity (Wildman–Crippen MR) is 136 cm³/mol. The van der Waals surface area contributed by atoms with Gasteiger partial charge in [-0.05, 0) is 36.5 Å². The van der Waals surface area contributed by atoms with Crippen molar-refractivity contribution in [1.82, 2.24) is 14.7 Å². The molecule has 4 saturated heterocycles. The Balaban J connectivity index is 1.40. The van der Waals surface area contributed by atoms with Gasteiger partial charge in [-0.2, -0.15) is 13.2 Å². The van der Waals surface area contributed by atoms with Gasteiger partial charge in [-0.25, -0.2) is 4.39 Å². The average Bonchev–Trinajstić information content (AvgIpc) is 3.11. The standard InChI is InChI=1S/C27H39F4N3OP/c1-18(2)24-17-36(3)16-22(12-20-6-9-25(35)34(24)26(20)36)33(23-14-32(15-23)11-10-28)13-19-4-7-21(8-5-19)27(29,30)31/h4-5,7-8,18,20,22-24,26H,6,9-17H2,1-3H3/q+1/t20-,22?,24?,26+,36?/m1/s1. The molecule has 5 rings (SSSR count). The van der Waals surface area contributed by atoms with Crippen molar-refractivity contribution in [2.45, 2.75) is 69.7 Å². The Morgan fingerprint density at radius 2 is 1.81 bits per heavy atom. The van der Waals surface area contributed by atoms with E-state index in [9.17, 15) is 22.4 Å². The minimum absolute atomic E-state index is 0.289. The zero-order valence-corrected chi connectivity index (χ0v) is 22.4. The highest BCUT2D eigenvalue weighted by Crippen LogP contribution is 2.73. The van der Waals surface area contributed by atoms with E-state index in [0.717, 1.165) is 43.8 Å². The largest absolute Gasteiger partial charge is 0.416 e. The number of nitrogens with zero attached hydrogens (tertiary/aromatic N) is 3. The van der Waals surface area contributed by atoms with Crippen molar-refractivity contribution < 1.29 is 22.4 Å². The first kappa shape index (κ1) is 26.4. The van der Waals surface area contributed by atoms with Crippen LogP contribution in [-0.2, 0) is 17.5 Å². The highest BCUT2D eigenvalue weighted by molar-refractivity contribution is 7.76. The van der Waals surface area contributed by atoms with Crippen LogP contribution in [0.25, 0.3) is 0 Å². The number of carbonyl (C=O) groups excluding carboxylic acids is 1. The lowest BCUT2D eigenvalue weighted by molar-refractivity contribution is -0.139. The molecule has 0 aliphatic carbocycles. The van der Waals surface area contributed by atoms with Crippen LogP contribution in [0.15, 0.2) is 24.3 Å². The van der Waals surface area contributed by atoms with E-state index in [1.54, 1.807) is 12.1 Å². The van der Waals surface area contributed by atoms with E-state index >= 15 is 0 Å². The van der Waals surface area contributed by atoms with Crippen LogP contribution in [-0.4, -0.2) is 89.8 Å². The van der Waals surface area contributed by atoms with E-state index in [1.807, 2.05) is 0 Å². The molecule has 0 spiro atoms. The zero-order chi connectivity index (χ0) is 25.8. The van der Waals surface area contributed by atoms with E-state index in [-0.39, 0.29) is 12.7 Å². The van der Waals surface area contributed by atoms with Gasteiger partial charge in [0.15, 0.2) is 0 Å². The number of rotatable bonds is 7. The van der Waals surface area contributed by atoms with Gasteiger partial charge in [0.05, 0.1) is 30.6 Å². The van der Waals surface area contributed by atoms with Crippen molar-refractivity contribution in [3.05, 3.63) is 35.4 Å². The van der Waals surface area contributed by atoms with E-state index < -0.39 is 19.0 Å². The number of halogens is 4. The molecule has 36 heavy (non-hydrogen) atoms. The molecule has 4 aliphatic rings. The highest BCUT2D eigenvalue weighted by Gasteiger charge is 2.65. The van der Waals surface area contributed by atoms with Crippen LogP contribution in [0.3, 0.4) is 0 Å². The van der Waals surface area contributed by atoms with Gasteiger partial charge < -0.3 is 4.90 Å². The Morgan fingerprint density at radius 1 is 1.11 bits per heavy atom. The van der Waals surface area contributed by atoms with Crippen molar-refractivity contribution in [3.8, 4) is 0 Å². The van der Waals surface area contributed by atoms with Crippen molar-refractivity contribution in [3.63, 3.8) is 0 Å². The Labute approximate surface area is 212 Å². The lowest BCUT2D eigenvalue weighted by atomic mass is 9.87. The monoisotopic (exact) mass is 528 g/mol. The van der Waals surface area contributed by atoms with Crippen molar-refractivity contribution >= 4 is 13.2 Å². The lowest BCUT2D eigenvalue weighted by Crippen LogP contribution is -2.63. The third-order valence-corrected chi connectivity index (χ3v) is 13.6. The van der Waals surface area contributed by atoms with Crippen molar-refractivity contribution in [2.24, 2.45) is 11.8 Å². The maximum absolute atomic E-state index is 13.1. The minimum Gasteiger partial charge on any atom is -0.300 e. The van der Waals surface area contributed by atoms with Gasteiger partial charge in [-0.3, -0.25) is 14.6 Å². The molecule has 0 radical (unpaired) electrons. The molecule has 9 heteroatoms. The second-order valence-electron chi connectivity index (χ2n) is 12.0. The van der Waals surface area contributed by atoms with Crippen LogP contribution in [0, 0.1) is 11.8 Å². The van der Waals surface area contributed by atoms with E-state index in [4.69, 9.17) is 0 Å². The topological polar surface area (TPSA) is 26.8 Å². The first-order chi connectivity index (χ1) is 17.0. The number of carbonyl (C=O) groups is 1. The fourth-order valence-corrected chi connectivity index (χ4v) is 13.0. The molecule has 0 aromatic heterocycles. The average molecular weight is 529 g/mol. The Bertz CT molecular complexity index is 951. The number of alkyl halides is 4. The summed E-state index contributed by atoms with van der Waals surface area (Å²) in [6, 6.07) is 6.56. The van der Waals surface area contributed by atoms with Crippen LogP contribution in [0.1, 0.15) is 44.2 Å². The highest BCUT2D eigenvalue weighted by atomic mass is 31.2. The van der Waals surface area contributed by atoms with Crippen molar-refractivity contribution in [1.29, 1.82) is 0 Å². The Kier molecular flexibility index (Phi) is 7.19. The summed E-state index contributed by atoms with van der Waals surface area (Å²) in [6.45, 7) is 9.25. The van der Waals surface area contributed by atoms with Gasteiger partial charge in [-0.1, -0.05) is 26.0 Å². The smallest absolute Gasteiger partial charge is 0.300 e. The van der Waals surface area contributed by atoms with Crippen LogP contribution in [0.4, 0.5) is 17.6 Å². The van der Waals surface area contributed by atoms with Crippen molar-refractivity contribution in [2.75, 3.05) is 45.3 Å². The summed E-state index contributed by atoms with van der Waals surface area (Å²) in [5, 5.41) is 0. The van der Waals surface area contributed by atoms with Crippen LogP contribution < -0.4 is 0 Å². The molecule has 1 aromatic carbocycles. The first-order valence-electron chi connectivity index (χ1n) is 13.4. The number of hydrogen-bond acceptors (Lipinski definition) is 3. The quantitative estimate of drug-likeness (QED) is 0.360. The van der Waals surface area contributed by atoms with Gasteiger partial charge in [0, 0.05) is 57.9 Å². The van der Waals surface area contributed by atoms with Gasteiger partial charge in [0.2, 0.25) is 5.91 Å². The summed E-state index contributed by atoms with van der Waals surface area (Å²) < 4.78 is 52.3. The van der Waals surface area contributed by atoms with E-state index in [0.29, 0.717) is 55.1 Å². The summed E-state index contributed by atoms with van der Waals surface area (Å²) >= 11 is 0. The number of amides is 1. The summed E-state index contributed by atoms with van der Waals surface area (Å²) in [6.07, 6.45) is 0.501. The predicted octanol–water partition coefficient (Wildman–Crippen LogP) is 5.18. The molecule has 200 valence electrons. The van der Waals surface area contributed by atoms with Gasteiger partial charge in [-0.15, -0.1) is 0 Å². The normalized spacial score (nSPS) is 33.4. The van der Waals surface area contributed by atoms with Crippen LogP contribution in [0.2, 0.25) is 0 Å². The molecule has 4 aliphatic heterocycles. The van der Waals surface area contributed by atoms with Crippen LogP contribution in [0.5, 0.6) is 0 Å². The third kappa shape index (κ3) is 4.82. The molecular weight excluding hydrogens is 489 g/mol. The summed E-state index contributed by atoms with van der Waals surface area (Å²) in [5.41, 5.74) is 0.275. The number of likely N-dealkylation sites (tertiary alicyclic amines) is 1. The Hall–Kier alpha value is -1.24. The third-order valence-electron chi connectivity index (χ3n) is 9.22. The molecule has 5 atom stereocenters. The fourth-order valence-electron chi connectivity index (χ4n) is 7.50. The first-order valence-corrected chi connectivity index (χ1v) is 16.0. The molecule has 4 nitrogen and oxygen atoms in total. The number of benzene rings is 1. The molecule has 0 N–H and O–H groups in total. The molecule has 1 amide bonds. The summed E-state index contributed by atoms with van der Waals surface area (Å²) in [7, 11) is -1.41. The second kappa shape index (κ2) is 9.81. The summed E-state index contributed by atoms with van der Waals surface area (Å²) in [4.78, 5) is 19.9. The van der Waals surface area contributed by atoms with Gasteiger partial charge in [0.1, 0.15) is 12.5 Å². The van der Waals surface area contributed by atoms with E-state index in [2.05, 4.69) is 35.2 Å². The minimum atomic E-state index is -4.34. The Morgan fingerprint density at radius 3 is 2.42 bits per heavy atom. The molecule has 4 heterocycles. The maximum Gasteiger partial charge on any atom is 0.416 e. The summed E-state index contributed by atoms with van der Waals surface area (Å²) in [5.74, 6) is 1.68. The SMILES string of the molecule is CC(C)C1C[P+]2(C)CC(N(Cc3ccc(C(F)(F)F)cc3)C3CN(CCF)C3)C[C@H]3CCC(=O)N1[C@H]32. The molecule has 3 unspecified atom stereocenters. The van der Waals surface area contributed by atoms with Crippen LogP contribution >= 0.6 is 7.26 Å². The van der Waals surface area contributed by atoms with E-state index in [1.165, 1.54) is 12.1 Å². The number of hydrogen-bond donors (Lipinski definition) is 0. The second-order valence-corrected chi connectivity index (χ2v) is 16.2. The fraction of sp³-hybridized carbons (Fsp3) is 0.741. The zero-order valence-electron chi connectivity index (χ0n) is 21.6. The molecule has 4 fully saturated rings. The molecule has 1 aromatic rings. The molecule has 0 saturated carbocycles. The lowest BCUT2D eigenvalue weighted by Gasteiger charge is -2.52.